The SMILES string of the molecule is OCC(O)C(O)c1ccc(OC(F)(F)F)cc1Br. The van der Waals surface area contributed by atoms with Crippen LogP contribution >= 0.6 is 15.9 Å². The molecule has 1 aromatic rings. The van der Waals surface area contributed by atoms with E-state index >= 15 is 0 Å². The van der Waals surface area contributed by atoms with Gasteiger partial charge in [-0.15, -0.1) is 13.2 Å². The topological polar surface area (TPSA) is 69.9 Å². The van der Waals surface area contributed by atoms with Crippen molar-refractivity contribution in [1.82, 2.24) is 0 Å². The van der Waals surface area contributed by atoms with Crippen LogP contribution < -0.4 is 4.74 Å². The Hall–Kier alpha value is -0.830. The van der Waals surface area contributed by atoms with Gasteiger partial charge in [-0.3, -0.25) is 0 Å². The van der Waals surface area contributed by atoms with E-state index in [1.54, 1.807) is 0 Å². The van der Waals surface area contributed by atoms with Crippen molar-refractivity contribution >= 4 is 15.9 Å². The van der Waals surface area contributed by atoms with Gasteiger partial charge in [0.15, 0.2) is 0 Å². The molecule has 0 heterocycles. The summed E-state index contributed by atoms with van der Waals surface area (Å²) in [6.07, 6.45) is -7.63. The quantitative estimate of drug-likeness (QED) is 0.786. The normalized spacial score (nSPS) is 15.3. The largest absolute Gasteiger partial charge is 0.573 e. The third kappa shape index (κ3) is 4.13. The van der Waals surface area contributed by atoms with Gasteiger partial charge < -0.3 is 20.1 Å². The molecule has 0 spiro atoms. The Morgan fingerprint density at radius 1 is 1.28 bits per heavy atom. The van der Waals surface area contributed by atoms with Crippen molar-refractivity contribution in [2.75, 3.05) is 6.61 Å². The molecule has 2 unspecified atom stereocenters. The lowest BCUT2D eigenvalue weighted by Crippen LogP contribution is -2.22. The number of aliphatic hydroxyl groups excluding tert-OH is 3. The van der Waals surface area contributed by atoms with E-state index in [1.165, 1.54) is 0 Å². The highest BCUT2D eigenvalue weighted by Gasteiger charge is 2.31. The third-order valence-electron chi connectivity index (χ3n) is 2.08. The number of hydrogen-bond donors (Lipinski definition) is 3. The van der Waals surface area contributed by atoms with E-state index in [2.05, 4.69) is 20.7 Å². The van der Waals surface area contributed by atoms with Gasteiger partial charge in [-0.25, -0.2) is 0 Å². The van der Waals surface area contributed by atoms with Crippen molar-refractivity contribution in [2.45, 2.75) is 18.6 Å². The molecule has 4 nitrogen and oxygen atoms in total. The van der Waals surface area contributed by atoms with Gasteiger partial charge in [-0.1, -0.05) is 22.0 Å². The molecule has 1 rings (SSSR count). The standard InChI is InChI=1S/C10H10BrF3O4/c11-7-3-5(18-10(12,13)14)1-2-6(7)9(17)8(16)4-15/h1-3,8-9,15-17H,4H2. The van der Waals surface area contributed by atoms with Crippen LogP contribution in [0.25, 0.3) is 0 Å². The highest BCUT2D eigenvalue weighted by Crippen LogP contribution is 2.31. The van der Waals surface area contributed by atoms with Gasteiger partial charge in [-0.05, 0) is 17.7 Å². The van der Waals surface area contributed by atoms with Gasteiger partial charge in [0.05, 0.1) is 6.61 Å². The Bertz CT molecular complexity index is 411. The molecule has 0 fully saturated rings. The lowest BCUT2D eigenvalue weighted by molar-refractivity contribution is -0.274. The number of benzene rings is 1. The van der Waals surface area contributed by atoms with Gasteiger partial charge in [0.25, 0.3) is 0 Å². The maximum absolute atomic E-state index is 12.0. The summed E-state index contributed by atoms with van der Waals surface area (Å²) in [6, 6.07) is 3.17. The van der Waals surface area contributed by atoms with Crippen LogP contribution in [0.15, 0.2) is 22.7 Å². The molecule has 0 aromatic heterocycles. The number of aliphatic hydroxyl groups is 3. The van der Waals surface area contributed by atoms with Crippen LogP contribution in [0.4, 0.5) is 13.2 Å². The smallest absolute Gasteiger partial charge is 0.406 e. The fraction of sp³-hybridized carbons (Fsp3) is 0.400. The Balaban J connectivity index is 2.92. The minimum atomic E-state index is -4.80. The predicted molar refractivity (Wildman–Crippen MR) is 58.9 cm³/mol. The fourth-order valence-electron chi connectivity index (χ4n) is 1.25. The molecular formula is C10H10BrF3O4. The second kappa shape index (κ2) is 5.87. The number of hydrogen-bond acceptors (Lipinski definition) is 4. The average Bonchev–Trinajstić information content (AvgIpc) is 2.25. The van der Waals surface area contributed by atoms with Crippen molar-refractivity contribution in [1.29, 1.82) is 0 Å². The van der Waals surface area contributed by atoms with Crippen LogP contribution in [0, 0.1) is 0 Å². The van der Waals surface area contributed by atoms with Crippen molar-refractivity contribution in [3.63, 3.8) is 0 Å². The van der Waals surface area contributed by atoms with E-state index in [0.717, 1.165) is 18.2 Å². The molecule has 3 N–H and O–H groups in total. The molecule has 18 heavy (non-hydrogen) atoms. The van der Waals surface area contributed by atoms with E-state index < -0.39 is 30.9 Å². The van der Waals surface area contributed by atoms with Crippen LogP contribution in [0.3, 0.4) is 0 Å². The number of halogens is 4. The first kappa shape index (κ1) is 15.2. The zero-order chi connectivity index (χ0) is 13.9. The van der Waals surface area contributed by atoms with Gasteiger partial charge >= 0.3 is 6.36 Å². The first-order valence-corrected chi connectivity index (χ1v) is 5.56. The maximum Gasteiger partial charge on any atom is 0.573 e. The average molecular weight is 331 g/mol. The van der Waals surface area contributed by atoms with Gasteiger partial charge in [-0.2, -0.15) is 0 Å². The summed E-state index contributed by atoms with van der Waals surface area (Å²) in [5.74, 6) is -0.455. The van der Waals surface area contributed by atoms with Crippen molar-refractivity contribution in [3.8, 4) is 5.75 Å². The van der Waals surface area contributed by atoms with Gasteiger partial charge in [0.1, 0.15) is 18.0 Å². The van der Waals surface area contributed by atoms with E-state index in [-0.39, 0.29) is 10.0 Å². The van der Waals surface area contributed by atoms with Crippen molar-refractivity contribution in [2.24, 2.45) is 0 Å². The Kier molecular flexibility index (Phi) is 4.97. The Morgan fingerprint density at radius 2 is 1.89 bits per heavy atom. The molecule has 0 aliphatic carbocycles. The van der Waals surface area contributed by atoms with Crippen LogP contribution in [0.1, 0.15) is 11.7 Å². The molecule has 0 saturated heterocycles. The zero-order valence-electron chi connectivity index (χ0n) is 8.86. The number of alkyl halides is 3. The van der Waals surface area contributed by atoms with Crippen molar-refractivity contribution < 1.29 is 33.2 Å². The van der Waals surface area contributed by atoms with Crippen LogP contribution in [-0.4, -0.2) is 34.4 Å². The molecule has 8 heteroatoms. The molecule has 0 saturated carbocycles. The summed E-state index contributed by atoms with van der Waals surface area (Å²) < 4.78 is 39.7. The molecule has 0 aliphatic heterocycles. The highest BCUT2D eigenvalue weighted by atomic mass is 79.9. The maximum atomic E-state index is 12.0. The summed E-state index contributed by atoms with van der Waals surface area (Å²) in [5.41, 5.74) is 0.145. The molecular weight excluding hydrogens is 321 g/mol. The molecule has 0 radical (unpaired) electrons. The fourth-order valence-corrected chi connectivity index (χ4v) is 1.84. The minimum absolute atomic E-state index is 0.129. The third-order valence-corrected chi connectivity index (χ3v) is 2.76. The van der Waals surface area contributed by atoms with Crippen LogP contribution in [0.5, 0.6) is 5.75 Å². The lowest BCUT2D eigenvalue weighted by Gasteiger charge is -2.18. The summed E-state index contributed by atoms with van der Waals surface area (Å²) in [6.45, 7) is -0.672. The van der Waals surface area contributed by atoms with E-state index in [4.69, 9.17) is 5.11 Å². The molecule has 0 bridgehead atoms. The second-order valence-corrected chi connectivity index (χ2v) is 4.28. The Morgan fingerprint density at radius 3 is 2.33 bits per heavy atom. The van der Waals surface area contributed by atoms with E-state index in [0.29, 0.717) is 0 Å². The number of rotatable bonds is 4. The predicted octanol–water partition coefficient (Wildman–Crippen LogP) is 1.73. The first-order valence-electron chi connectivity index (χ1n) is 4.77. The summed E-state index contributed by atoms with van der Waals surface area (Å²) in [5, 5.41) is 27.5. The Labute approximate surface area is 109 Å². The molecule has 102 valence electrons. The zero-order valence-corrected chi connectivity index (χ0v) is 10.4. The molecule has 1 aromatic carbocycles. The second-order valence-electron chi connectivity index (χ2n) is 3.43. The van der Waals surface area contributed by atoms with Gasteiger partial charge in [0.2, 0.25) is 0 Å². The molecule has 0 aliphatic rings. The highest BCUT2D eigenvalue weighted by molar-refractivity contribution is 9.10. The monoisotopic (exact) mass is 330 g/mol. The lowest BCUT2D eigenvalue weighted by atomic mass is 10.0. The van der Waals surface area contributed by atoms with E-state index in [9.17, 15) is 23.4 Å². The van der Waals surface area contributed by atoms with Crippen molar-refractivity contribution in [3.05, 3.63) is 28.2 Å². The minimum Gasteiger partial charge on any atom is -0.406 e. The molecule has 2 atom stereocenters. The summed E-state index contributed by atoms with van der Waals surface area (Å²) in [7, 11) is 0. The van der Waals surface area contributed by atoms with Crippen LogP contribution in [-0.2, 0) is 0 Å². The number of ether oxygens (including phenoxy) is 1. The molecule has 0 amide bonds. The first-order chi connectivity index (χ1) is 8.24. The van der Waals surface area contributed by atoms with Gasteiger partial charge in [0, 0.05) is 4.47 Å². The van der Waals surface area contributed by atoms with E-state index in [1.807, 2.05) is 0 Å². The summed E-state index contributed by atoms with van der Waals surface area (Å²) >= 11 is 2.95. The van der Waals surface area contributed by atoms with Crippen LogP contribution in [0.2, 0.25) is 0 Å². The summed E-state index contributed by atoms with van der Waals surface area (Å²) in [4.78, 5) is 0.